The highest BCUT2D eigenvalue weighted by molar-refractivity contribution is 5.75. The van der Waals surface area contributed by atoms with Crippen molar-refractivity contribution in [1.82, 2.24) is 4.98 Å². The van der Waals surface area contributed by atoms with Crippen LogP contribution in [0.2, 0.25) is 0 Å². The number of nitrogens with two attached hydrogens (primary N) is 1. The minimum atomic E-state index is -0.409. The highest BCUT2D eigenvalue weighted by Crippen LogP contribution is 2.15. The number of rotatable bonds is 2. The molecule has 0 aliphatic heterocycles. The third-order valence-electron chi connectivity index (χ3n) is 1.75. The molecule has 5 nitrogen and oxygen atoms in total. The number of hydrogen-bond donors (Lipinski definition) is 1. The molecule has 72 valence electrons. The van der Waals surface area contributed by atoms with Gasteiger partial charge in [0, 0.05) is 18.0 Å². The van der Waals surface area contributed by atoms with Gasteiger partial charge < -0.3 is 10.5 Å². The van der Waals surface area contributed by atoms with Crippen molar-refractivity contribution in [2.24, 2.45) is 0 Å². The molecule has 1 rings (SSSR count). The fraction of sp³-hybridized carbons (Fsp3) is 0.222. The van der Waals surface area contributed by atoms with Gasteiger partial charge in [-0.1, -0.05) is 0 Å². The number of ether oxygens (including phenoxy) is 1. The Morgan fingerprint density at radius 3 is 3.00 bits per heavy atom. The second kappa shape index (κ2) is 4.23. The van der Waals surface area contributed by atoms with Crippen molar-refractivity contribution in [2.45, 2.75) is 6.42 Å². The first-order chi connectivity index (χ1) is 6.69. The maximum atomic E-state index is 10.9. The standard InChI is InChI=1S/C9H9N3O2/c1-14-8(13)2-6-4-12-5-7(3-10)9(6)11/h4-5H,2H2,1H3,(H2,11,12). The number of hydrogen-bond acceptors (Lipinski definition) is 5. The summed E-state index contributed by atoms with van der Waals surface area (Å²) in [7, 11) is 1.29. The molecule has 0 radical (unpaired) electrons. The summed E-state index contributed by atoms with van der Waals surface area (Å²) in [6.45, 7) is 0. The highest BCUT2D eigenvalue weighted by Gasteiger charge is 2.09. The molecule has 0 bridgehead atoms. The van der Waals surface area contributed by atoms with Crippen LogP contribution in [-0.2, 0) is 16.0 Å². The Hall–Kier alpha value is -2.09. The predicted octanol–water partition coefficient (Wildman–Crippen LogP) is 0.251. The number of nitriles is 1. The van der Waals surface area contributed by atoms with E-state index in [-0.39, 0.29) is 17.7 Å². The summed E-state index contributed by atoms with van der Waals surface area (Å²) in [5.74, 6) is -0.409. The fourth-order valence-electron chi connectivity index (χ4n) is 0.971. The molecule has 0 unspecified atom stereocenters. The van der Waals surface area contributed by atoms with Gasteiger partial charge in [0.1, 0.15) is 6.07 Å². The smallest absolute Gasteiger partial charge is 0.310 e. The third-order valence-corrected chi connectivity index (χ3v) is 1.75. The molecule has 2 N–H and O–H groups in total. The zero-order valence-corrected chi connectivity index (χ0v) is 7.65. The first-order valence-electron chi connectivity index (χ1n) is 3.88. The van der Waals surface area contributed by atoms with Crippen LogP contribution < -0.4 is 5.73 Å². The van der Waals surface area contributed by atoms with Crippen LogP contribution in [0, 0.1) is 11.3 Å². The molecular formula is C9H9N3O2. The van der Waals surface area contributed by atoms with Gasteiger partial charge in [-0.25, -0.2) is 0 Å². The van der Waals surface area contributed by atoms with Crippen molar-refractivity contribution >= 4 is 11.7 Å². The molecule has 0 atom stereocenters. The van der Waals surface area contributed by atoms with E-state index >= 15 is 0 Å². The molecule has 1 aromatic heterocycles. The number of anilines is 1. The molecule has 0 saturated heterocycles. The van der Waals surface area contributed by atoms with E-state index < -0.39 is 5.97 Å². The summed E-state index contributed by atoms with van der Waals surface area (Å²) in [6, 6.07) is 1.89. The maximum Gasteiger partial charge on any atom is 0.310 e. The fourth-order valence-corrected chi connectivity index (χ4v) is 0.971. The largest absolute Gasteiger partial charge is 0.469 e. The quantitative estimate of drug-likeness (QED) is 0.677. The summed E-state index contributed by atoms with van der Waals surface area (Å²) >= 11 is 0. The first kappa shape index (κ1) is 9.99. The lowest BCUT2D eigenvalue weighted by atomic mass is 10.1. The number of nitrogens with zero attached hydrogens (tertiary/aromatic N) is 2. The lowest BCUT2D eigenvalue weighted by Gasteiger charge is -2.04. The van der Waals surface area contributed by atoms with Crippen LogP contribution in [0.5, 0.6) is 0 Å². The second-order valence-electron chi connectivity index (χ2n) is 2.62. The second-order valence-corrected chi connectivity index (χ2v) is 2.62. The van der Waals surface area contributed by atoms with Crippen LogP contribution in [0.4, 0.5) is 5.69 Å². The molecule has 0 aliphatic rings. The summed E-state index contributed by atoms with van der Waals surface area (Å²) in [5.41, 5.74) is 6.69. The number of aromatic nitrogens is 1. The Labute approximate surface area is 81.1 Å². The highest BCUT2D eigenvalue weighted by atomic mass is 16.5. The van der Waals surface area contributed by atoms with Gasteiger partial charge in [0.15, 0.2) is 0 Å². The van der Waals surface area contributed by atoms with E-state index in [9.17, 15) is 4.79 Å². The van der Waals surface area contributed by atoms with Gasteiger partial charge in [-0.15, -0.1) is 0 Å². The average molecular weight is 191 g/mol. The van der Waals surface area contributed by atoms with Gasteiger partial charge >= 0.3 is 5.97 Å². The van der Waals surface area contributed by atoms with Gasteiger partial charge in [-0.05, 0) is 0 Å². The maximum absolute atomic E-state index is 10.9. The molecule has 5 heteroatoms. The lowest BCUT2D eigenvalue weighted by molar-refractivity contribution is -0.139. The van der Waals surface area contributed by atoms with Gasteiger partial charge in [-0.2, -0.15) is 5.26 Å². The van der Waals surface area contributed by atoms with Gasteiger partial charge in [0.2, 0.25) is 0 Å². The van der Waals surface area contributed by atoms with E-state index in [0.29, 0.717) is 5.56 Å². The Morgan fingerprint density at radius 2 is 2.43 bits per heavy atom. The van der Waals surface area contributed by atoms with Crippen LogP contribution in [0.25, 0.3) is 0 Å². The van der Waals surface area contributed by atoms with E-state index in [1.807, 2.05) is 6.07 Å². The van der Waals surface area contributed by atoms with Crippen molar-refractivity contribution in [3.63, 3.8) is 0 Å². The van der Waals surface area contributed by atoms with Crippen molar-refractivity contribution in [3.8, 4) is 6.07 Å². The number of esters is 1. The van der Waals surface area contributed by atoms with Crippen molar-refractivity contribution in [1.29, 1.82) is 5.26 Å². The minimum Gasteiger partial charge on any atom is -0.469 e. The summed E-state index contributed by atoms with van der Waals surface area (Å²) in [4.78, 5) is 14.7. The van der Waals surface area contributed by atoms with E-state index in [4.69, 9.17) is 11.0 Å². The first-order valence-corrected chi connectivity index (χ1v) is 3.88. The zero-order chi connectivity index (χ0) is 10.6. The van der Waals surface area contributed by atoms with E-state index in [1.165, 1.54) is 19.5 Å². The summed E-state index contributed by atoms with van der Waals surface area (Å²) < 4.78 is 4.48. The predicted molar refractivity (Wildman–Crippen MR) is 49.1 cm³/mol. The topological polar surface area (TPSA) is 89.0 Å². The molecule has 0 amide bonds. The van der Waals surface area contributed by atoms with Gasteiger partial charge in [-0.3, -0.25) is 9.78 Å². The Bertz CT molecular complexity index is 396. The van der Waals surface area contributed by atoms with Crippen LogP contribution in [0.1, 0.15) is 11.1 Å². The molecule has 0 fully saturated rings. The SMILES string of the molecule is COC(=O)Cc1cncc(C#N)c1N. The summed E-state index contributed by atoms with van der Waals surface area (Å²) in [5, 5.41) is 8.65. The number of carbonyl (C=O) groups is 1. The molecule has 0 aromatic carbocycles. The van der Waals surface area contributed by atoms with Gasteiger partial charge in [0.05, 0.1) is 24.8 Å². The third kappa shape index (κ3) is 1.98. The van der Waals surface area contributed by atoms with E-state index in [0.717, 1.165) is 0 Å². The normalized spacial score (nSPS) is 9.14. The summed E-state index contributed by atoms with van der Waals surface area (Å²) in [6.07, 6.45) is 2.84. The molecule has 14 heavy (non-hydrogen) atoms. The Morgan fingerprint density at radius 1 is 1.71 bits per heavy atom. The molecule has 0 spiro atoms. The molecule has 0 saturated carbocycles. The average Bonchev–Trinajstić information content (AvgIpc) is 2.21. The van der Waals surface area contributed by atoms with Crippen LogP contribution in [0.3, 0.4) is 0 Å². The number of pyridine rings is 1. The molecular weight excluding hydrogens is 182 g/mol. The van der Waals surface area contributed by atoms with E-state index in [1.54, 1.807) is 0 Å². The molecule has 1 heterocycles. The minimum absolute atomic E-state index is 0.0326. The number of methoxy groups -OCH3 is 1. The van der Waals surface area contributed by atoms with Crippen LogP contribution >= 0.6 is 0 Å². The van der Waals surface area contributed by atoms with Crippen molar-refractivity contribution < 1.29 is 9.53 Å². The van der Waals surface area contributed by atoms with E-state index in [2.05, 4.69) is 9.72 Å². The Kier molecular flexibility index (Phi) is 3.02. The Balaban J connectivity index is 2.99. The molecule has 0 aliphatic carbocycles. The van der Waals surface area contributed by atoms with Crippen LogP contribution in [0.15, 0.2) is 12.4 Å². The van der Waals surface area contributed by atoms with Gasteiger partial charge in [0.25, 0.3) is 0 Å². The number of nitrogen functional groups attached to an aromatic ring is 1. The monoisotopic (exact) mass is 191 g/mol. The van der Waals surface area contributed by atoms with Crippen molar-refractivity contribution in [3.05, 3.63) is 23.5 Å². The number of carbonyl (C=O) groups excluding carboxylic acids is 1. The molecule has 1 aromatic rings. The lowest BCUT2D eigenvalue weighted by Crippen LogP contribution is -2.08. The van der Waals surface area contributed by atoms with Crippen LogP contribution in [-0.4, -0.2) is 18.1 Å². The zero-order valence-electron chi connectivity index (χ0n) is 7.65. The van der Waals surface area contributed by atoms with Crippen molar-refractivity contribution in [2.75, 3.05) is 12.8 Å².